The molecule has 0 amide bonds. The number of hydrogen-bond acceptors (Lipinski definition) is 8. The van der Waals surface area contributed by atoms with Crippen LogP contribution >= 0.6 is 0 Å². The Balaban J connectivity index is 2.01. The third kappa shape index (κ3) is 7.94. The molecule has 10 nitrogen and oxygen atoms in total. The van der Waals surface area contributed by atoms with Gasteiger partial charge in [-0.05, 0) is 51.9 Å². The van der Waals surface area contributed by atoms with Crippen LogP contribution in [0.15, 0.2) is 0 Å². The lowest BCUT2D eigenvalue weighted by Gasteiger charge is -2.30. The smallest absolute Gasteiger partial charge is 0.312 e. The largest absolute Gasteiger partial charge is 0.481 e. The molecule has 2 rings (SSSR count). The van der Waals surface area contributed by atoms with E-state index in [4.69, 9.17) is 19.2 Å². The molecular weight excluding hydrogens is 448 g/mol. The molecule has 2 N–H and O–H groups in total. The Kier molecular flexibility index (Phi) is 10.8. The first-order chi connectivity index (χ1) is 16.1. The normalized spacial score (nSPS) is 26.3. The first kappa shape index (κ1) is 28.0. The van der Waals surface area contributed by atoms with Gasteiger partial charge in [0.05, 0.1) is 29.8 Å². The van der Waals surface area contributed by atoms with Crippen LogP contribution in [0, 0.1) is 29.1 Å². The number of esters is 2. The Hall–Kier alpha value is -2.20. The fraction of sp³-hybridized carbons (Fsp3) is 0.833. The van der Waals surface area contributed by atoms with Crippen molar-refractivity contribution in [1.29, 1.82) is 0 Å². The van der Waals surface area contributed by atoms with E-state index in [1.54, 1.807) is 13.8 Å². The van der Waals surface area contributed by atoms with Crippen LogP contribution in [0.1, 0.15) is 78.6 Å². The Morgan fingerprint density at radius 1 is 0.882 bits per heavy atom. The molecule has 34 heavy (non-hydrogen) atoms. The molecule has 2 aliphatic rings. The minimum absolute atomic E-state index is 0.0133. The first-order valence-electron chi connectivity index (χ1n) is 12.2. The molecule has 5 atom stereocenters. The third-order valence-corrected chi connectivity index (χ3v) is 7.10. The number of carbonyl (C=O) groups excluding carboxylic acids is 2. The van der Waals surface area contributed by atoms with Crippen molar-refractivity contribution in [2.24, 2.45) is 29.1 Å². The number of rotatable bonds is 12. The number of ether oxygens (including phenoxy) is 2. The second-order valence-electron chi connectivity index (χ2n) is 9.91. The SMILES string of the molecule is CCC(C)(C)C(=O)OCC(OOCC1CCCCC1C(=O)O)OC(=O)C1CCCCC1C(=O)O. The topological polar surface area (TPSA) is 146 Å². The highest BCUT2D eigenvalue weighted by atomic mass is 17.2. The van der Waals surface area contributed by atoms with Crippen LogP contribution in [0.3, 0.4) is 0 Å². The minimum Gasteiger partial charge on any atom is -0.481 e. The predicted octanol–water partition coefficient (Wildman–Crippen LogP) is 3.57. The molecule has 194 valence electrons. The maximum Gasteiger partial charge on any atom is 0.312 e. The van der Waals surface area contributed by atoms with Gasteiger partial charge in [-0.2, -0.15) is 4.89 Å². The Labute approximate surface area is 200 Å². The van der Waals surface area contributed by atoms with Gasteiger partial charge in [0.25, 0.3) is 6.29 Å². The zero-order valence-electron chi connectivity index (χ0n) is 20.3. The molecule has 0 aromatic rings. The average Bonchev–Trinajstić information content (AvgIpc) is 2.82. The van der Waals surface area contributed by atoms with Crippen molar-refractivity contribution in [3.63, 3.8) is 0 Å². The summed E-state index contributed by atoms with van der Waals surface area (Å²) in [5, 5.41) is 18.9. The molecule has 0 saturated heterocycles. The van der Waals surface area contributed by atoms with E-state index in [0.717, 1.165) is 19.3 Å². The number of hydrogen-bond donors (Lipinski definition) is 2. The molecular formula is C24H38O10. The highest BCUT2D eigenvalue weighted by Crippen LogP contribution is 2.33. The molecule has 2 saturated carbocycles. The zero-order valence-corrected chi connectivity index (χ0v) is 20.3. The van der Waals surface area contributed by atoms with Gasteiger partial charge in [-0.15, -0.1) is 0 Å². The molecule has 0 aromatic heterocycles. The first-order valence-corrected chi connectivity index (χ1v) is 12.2. The van der Waals surface area contributed by atoms with E-state index in [9.17, 15) is 29.4 Å². The fourth-order valence-corrected chi connectivity index (χ4v) is 4.43. The van der Waals surface area contributed by atoms with E-state index in [1.807, 2.05) is 6.92 Å². The fourth-order valence-electron chi connectivity index (χ4n) is 4.43. The van der Waals surface area contributed by atoms with Crippen molar-refractivity contribution >= 4 is 23.9 Å². The third-order valence-electron chi connectivity index (χ3n) is 7.10. The average molecular weight is 487 g/mol. The van der Waals surface area contributed by atoms with Crippen molar-refractivity contribution in [3.8, 4) is 0 Å². The van der Waals surface area contributed by atoms with Crippen LogP contribution in [-0.2, 0) is 38.4 Å². The molecule has 2 aliphatic carbocycles. The molecule has 0 radical (unpaired) electrons. The van der Waals surface area contributed by atoms with Crippen molar-refractivity contribution in [1.82, 2.24) is 0 Å². The summed E-state index contributed by atoms with van der Waals surface area (Å²) in [6.45, 7) is 4.85. The summed E-state index contributed by atoms with van der Waals surface area (Å²) in [5.41, 5.74) is -0.746. The van der Waals surface area contributed by atoms with Gasteiger partial charge in [-0.3, -0.25) is 19.2 Å². The van der Waals surface area contributed by atoms with Crippen LogP contribution in [0.5, 0.6) is 0 Å². The summed E-state index contributed by atoms with van der Waals surface area (Å²) < 4.78 is 10.7. The second kappa shape index (κ2) is 13.0. The minimum atomic E-state index is -1.40. The molecule has 0 aromatic carbocycles. The van der Waals surface area contributed by atoms with Gasteiger partial charge in [0.15, 0.2) is 6.61 Å². The second-order valence-corrected chi connectivity index (χ2v) is 9.91. The Bertz CT molecular complexity index is 719. The predicted molar refractivity (Wildman–Crippen MR) is 118 cm³/mol. The van der Waals surface area contributed by atoms with Gasteiger partial charge in [-0.1, -0.05) is 32.6 Å². The van der Waals surface area contributed by atoms with Crippen molar-refractivity contribution < 1.29 is 48.6 Å². The van der Waals surface area contributed by atoms with Gasteiger partial charge in [0.2, 0.25) is 0 Å². The summed E-state index contributed by atoms with van der Waals surface area (Å²) in [4.78, 5) is 58.8. The molecule has 5 unspecified atom stereocenters. The van der Waals surface area contributed by atoms with Crippen molar-refractivity contribution in [2.75, 3.05) is 13.2 Å². The summed E-state index contributed by atoms with van der Waals surface area (Å²) >= 11 is 0. The standard InChI is InChI=1S/C24H38O10/c1-4-24(2,3)23(30)31-14-19(33-22(29)18-12-8-7-11-17(18)21(27)28)34-32-13-15-9-5-6-10-16(15)20(25)26/h15-19H,4-14H2,1-3H3,(H,25,26)(H,27,28). The Morgan fingerprint density at radius 3 is 2.03 bits per heavy atom. The van der Waals surface area contributed by atoms with E-state index >= 15 is 0 Å². The molecule has 10 heteroatoms. The zero-order chi connectivity index (χ0) is 25.3. The molecule has 2 fully saturated rings. The highest BCUT2D eigenvalue weighted by Gasteiger charge is 2.39. The maximum absolute atomic E-state index is 12.8. The van der Waals surface area contributed by atoms with Crippen LogP contribution in [0.25, 0.3) is 0 Å². The number of carboxylic acid groups (broad SMARTS) is 2. The number of carboxylic acids is 2. The lowest BCUT2D eigenvalue weighted by molar-refractivity contribution is -0.381. The van der Waals surface area contributed by atoms with E-state index in [-0.39, 0.29) is 12.5 Å². The van der Waals surface area contributed by atoms with Crippen LogP contribution in [-0.4, -0.2) is 53.6 Å². The monoisotopic (exact) mass is 486 g/mol. The quantitative estimate of drug-likeness (QED) is 0.182. The summed E-state index contributed by atoms with van der Waals surface area (Å²) in [5.74, 6) is -5.64. The van der Waals surface area contributed by atoms with E-state index in [0.29, 0.717) is 38.5 Å². The molecule has 0 spiro atoms. The van der Waals surface area contributed by atoms with Crippen molar-refractivity contribution in [3.05, 3.63) is 0 Å². The van der Waals surface area contributed by atoms with Gasteiger partial charge in [0, 0.05) is 0 Å². The summed E-state index contributed by atoms with van der Waals surface area (Å²) in [7, 11) is 0. The lowest BCUT2D eigenvalue weighted by atomic mass is 9.79. The van der Waals surface area contributed by atoms with Crippen LogP contribution in [0.4, 0.5) is 0 Å². The van der Waals surface area contributed by atoms with Crippen molar-refractivity contribution in [2.45, 2.75) is 84.8 Å². The number of carbonyl (C=O) groups is 4. The van der Waals surface area contributed by atoms with Gasteiger partial charge in [-0.25, -0.2) is 4.89 Å². The van der Waals surface area contributed by atoms with E-state index < -0.39 is 59.9 Å². The van der Waals surface area contributed by atoms with Gasteiger partial charge < -0.3 is 19.7 Å². The highest BCUT2D eigenvalue weighted by molar-refractivity contribution is 5.81. The summed E-state index contributed by atoms with van der Waals surface area (Å²) in [6, 6.07) is 0. The number of aliphatic carboxylic acids is 2. The van der Waals surface area contributed by atoms with Crippen LogP contribution in [0.2, 0.25) is 0 Å². The van der Waals surface area contributed by atoms with Gasteiger partial charge in [0.1, 0.15) is 0 Å². The maximum atomic E-state index is 12.8. The van der Waals surface area contributed by atoms with E-state index in [1.165, 1.54) is 0 Å². The van der Waals surface area contributed by atoms with E-state index in [2.05, 4.69) is 0 Å². The summed E-state index contributed by atoms with van der Waals surface area (Å²) in [6.07, 6.45) is 4.30. The molecule has 0 bridgehead atoms. The molecule has 0 aliphatic heterocycles. The lowest BCUT2D eigenvalue weighted by Crippen LogP contribution is -2.38. The Morgan fingerprint density at radius 2 is 1.44 bits per heavy atom. The van der Waals surface area contributed by atoms with Gasteiger partial charge >= 0.3 is 23.9 Å². The van der Waals surface area contributed by atoms with Crippen LogP contribution < -0.4 is 0 Å². The molecule has 0 heterocycles.